The predicted octanol–water partition coefficient (Wildman–Crippen LogP) is 3.71. The molecule has 0 spiro atoms. The van der Waals surface area contributed by atoms with Gasteiger partial charge in [0, 0.05) is 10.6 Å². The lowest BCUT2D eigenvalue weighted by Crippen LogP contribution is -1.95. The van der Waals surface area contributed by atoms with E-state index in [0.29, 0.717) is 10.8 Å². The van der Waals surface area contributed by atoms with Crippen molar-refractivity contribution >= 4 is 17.6 Å². The van der Waals surface area contributed by atoms with Crippen LogP contribution in [0.5, 0.6) is 5.75 Å². The Morgan fingerprint density at radius 2 is 1.83 bits per heavy atom. The first-order valence-electron chi connectivity index (χ1n) is 5.29. The van der Waals surface area contributed by atoms with Crippen molar-refractivity contribution in [1.29, 1.82) is 0 Å². The maximum Gasteiger partial charge on any atom is 0.335 e. The summed E-state index contributed by atoms with van der Waals surface area (Å²) in [6.07, 6.45) is 0. The first-order valence-corrected chi connectivity index (χ1v) is 5.67. The zero-order valence-electron chi connectivity index (χ0n) is 9.68. The summed E-state index contributed by atoms with van der Waals surface area (Å²) >= 11 is 6.12. The van der Waals surface area contributed by atoms with Crippen molar-refractivity contribution in [2.75, 3.05) is 7.11 Å². The highest BCUT2D eigenvalue weighted by atomic mass is 35.5. The first-order chi connectivity index (χ1) is 8.61. The van der Waals surface area contributed by atoms with Gasteiger partial charge in [-0.15, -0.1) is 0 Å². The highest BCUT2D eigenvalue weighted by molar-refractivity contribution is 6.33. The Morgan fingerprint density at radius 3 is 2.39 bits per heavy atom. The highest BCUT2D eigenvalue weighted by Gasteiger charge is 2.07. The van der Waals surface area contributed by atoms with Crippen LogP contribution in [0.4, 0.5) is 0 Å². The van der Waals surface area contributed by atoms with Gasteiger partial charge >= 0.3 is 5.97 Å². The molecule has 0 saturated carbocycles. The number of rotatable bonds is 3. The predicted molar refractivity (Wildman–Crippen MR) is 70.4 cm³/mol. The lowest BCUT2D eigenvalue weighted by molar-refractivity contribution is 0.0697. The molecule has 0 aliphatic carbocycles. The van der Waals surface area contributed by atoms with Crippen LogP contribution < -0.4 is 4.74 Å². The number of benzene rings is 2. The van der Waals surface area contributed by atoms with Gasteiger partial charge in [0.05, 0.1) is 12.7 Å². The van der Waals surface area contributed by atoms with E-state index in [1.807, 2.05) is 6.07 Å². The topological polar surface area (TPSA) is 46.5 Å². The molecule has 0 atom stereocenters. The molecular weight excluding hydrogens is 252 g/mol. The normalized spacial score (nSPS) is 10.1. The van der Waals surface area contributed by atoms with Gasteiger partial charge in [0.15, 0.2) is 0 Å². The van der Waals surface area contributed by atoms with Crippen LogP contribution in [0.3, 0.4) is 0 Å². The fourth-order valence-corrected chi connectivity index (χ4v) is 1.87. The van der Waals surface area contributed by atoms with Crippen molar-refractivity contribution < 1.29 is 14.6 Å². The van der Waals surface area contributed by atoms with E-state index in [4.69, 9.17) is 21.4 Å². The number of aromatic carboxylic acids is 1. The second-order valence-corrected chi connectivity index (χ2v) is 4.14. The summed E-state index contributed by atoms with van der Waals surface area (Å²) in [6.45, 7) is 0. The Balaban J connectivity index is 2.44. The smallest absolute Gasteiger partial charge is 0.335 e. The number of hydrogen-bond acceptors (Lipinski definition) is 2. The van der Waals surface area contributed by atoms with Gasteiger partial charge in [-0.25, -0.2) is 4.79 Å². The molecule has 0 aliphatic rings. The van der Waals surface area contributed by atoms with E-state index >= 15 is 0 Å². The first kappa shape index (κ1) is 12.5. The number of halogens is 1. The van der Waals surface area contributed by atoms with Gasteiger partial charge in [0.1, 0.15) is 5.75 Å². The minimum Gasteiger partial charge on any atom is -0.497 e. The van der Waals surface area contributed by atoms with Gasteiger partial charge in [-0.05, 0) is 35.9 Å². The maximum absolute atomic E-state index is 10.8. The Bertz CT molecular complexity index is 576. The Morgan fingerprint density at radius 1 is 1.17 bits per heavy atom. The van der Waals surface area contributed by atoms with Gasteiger partial charge in [-0.3, -0.25) is 0 Å². The molecule has 0 saturated heterocycles. The van der Waals surface area contributed by atoms with Gasteiger partial charge in [0.25, 0.3) is 0 Å². The van der Waals surface area contributed by atoms with Gasteiger partial charge in [0.2, 0.25) is 0 Å². The minimum absolute atomic E-state index is 0.248. The molecule has 2 aromatic carbocycles. The fraction of sp³-hybridized carbons (Fsp3) is 0.0714. The molecule has 3 nitrogen and oxygen atoms in total. The van der Waals surface area contributed by atoms with E-state index in [1.165, 1.54) is 0 Å². The van der Waals surface area contributed by atoms with Gasteiger partial charge in [-0.2, -0.15) is 0 Å². The molecule has 0 unspecified atom stereocenters. The van der Waals surface area contributed by atoms with E-state index in [-0.39, 0.29) is 5.56 Å². The summed E-state index contributed by atoms with van der Waals surface area (Å²) < 4.78 is 5.14. The zero-order valence-corrected chi connectivity index (χ0v) is 10.4. The van der Waals surface area contributed by atoms with Crippen LogP contribution in [-0.4, -0.2) is 18.2 Å². The lowest BCUT2D eigenvalue weighted by atomic mass is 10.0. The number of ether oxygens (including phenoxy) is 1. The standard InChI is InChI=1S/C14H11ClO3/c1-18-11-6-7-13(15)12(8-11)9-2-4-10(5-3-9)14(16)17/h2-8H,1H3,(H,16,17). The van der Waals surface area contributed by atoms with Crippen LogP contribution in [-0.2, 0) is 0 Å². The Hall–Kier alpha value is -2.00. The fourth-order valence-electron chi connectivity index (χ4n) is 1.64. The van der Waals surface area contributed by atoms with Crippen molar-refractivity contribution in [3.63, 3.8) is 0 Å². The Kier molecular flexibility index (Phi) is 3.53. The number of carboxylic acid groups (broad SMARTS) is 1. The molecule has 0 aromatic heterocycles. The summed E-state index contributed by atoms with van der Waals surface area (Å²) in [6, 6.07) is 11.9. The molecule has 18 heavy (non-hydrogen) atoms. The SMILES string of the molecule is COc1ccc(Cl)c(-c2ccc(C(=O)O)cc2)c1. The van der Waals surface area contributed by atoms with Gasteiger partial charge in [-0.1, -0.05) is 23.7 Å². The summed E-state index contributed by atoms with van der Waals surface area (Å²) in [7, 11) is 1.58. The van der Waals surface area contributed by atoms with Crippen LogP contribution in [0.25, 0.3) is 11.1 Å². The Labute approximate surface area is 110 Å². The van der Waals surface area contributed by atoms with Crippen molar-refractivity contribution in [2.24, 2.45) is 0 Å². The molecule has 2 rings (SSSR count). The molecule has 0 aliphatic heterocycles. The van der Waals surface area contributed by atoms with Crippen molar-refractivity contribution in [3.8, 4) is 16.9 Å². The van der Waals surface area contributed by atoms with Crippen molar-refractivity contribution in [3.05, 3.63) is 53.1 Å². The maximum atomic E-state index is 10.8. The molecule has 0 bridgehead atoms. The highest BCUT2D eigenvalue weighted by Crippen LogP contribution is 2.31. The molecule has 0 amide bonds. The number of carbonyl (C=O) groups is 1. The number of methoxy groups -OCH3 is 1. The average molecular weight is 263 g/mol. The minimum atomic E-state index is -0.946. The second-order valence-electron chi connectivity index (χ2n) is 3.73. The van der Waals surface area contributed by atoms with Crippen LogP contribution in [0, 0.1) is 0 Å². The van der Waals surface area contributed by atoms with Crippen molar-refractivity contribution in [1.82, 2.24) is 0 Å². The molecule has 1 N–H and O–H groups in total. The summed E-state index contributed by atoms with van der Waals surface area (Å²) in [5.41, 5.74) is 1.91. The zero-order chi connectivity index (χ0) is 13.1. The van der Waals surface area contributed by atoms with E-state index < -0.39 is 5.97 Å². The van der Waals surface area contributed by atoms with E-state index in [2.05, 4.69) is 0 Å². The summed E-state index contributed by atoms with van der Waals surface area (Å²) in [5.74, 6) is -0.241. The van der Waals surface area contributed by atoms with Gasteiger partial charge < -0.3 is 9.84 Å². The van der Waals surface area contributed by atoms with E-state index in [0.717, 1.165) is 11.1 Å². The van der Waals surface area contributed by atoms with Crippen LogP contribution in [0.2, 0.25) is 5.02 Å². The number of hydrogen-bond donors (Lipinski definition) is 1. The lowest BCUT2D eigenvalue weighted by Gasteiger charge is -2.07. The summed E-state index contributed by atoms with van der Waals surface area (Å²) in [5, 5.41) is 9.43. The van der Waals surface area contributed by atoms with Crippen molar-refractivity contribution in [2.45, 2.75) is 0 Å². The molecule has 0 radical (unpaired) electrons. The third kappa shape index (κ3) is 2.46. The monoisotopic (exact) mass is 262 g/mol. The third-order valence-electron chi connectivity index (χ3n) is 2.62. The average Bonchev–Trinajstić information content (AvgIpc) is 2.39. The summed E-state index contributed by atoms with van der Waals surface area (Å²) in [4.78, 5) is 10.8. The number of carboxylic acids is 1. The van der Waals surface area contributed by atoms with E-state index in [9.17, 15) is 4.79 Å². The molecule has 0 fully saturated rings. The largest absolute Gasteiger partial charge is 0.497 e. The second kappa shape index (κ2) is 5.10. The molecule has 92 valence electrons. The van der Waals surface area contributed by atoms with Crippen LogP contribution in [0.1, 0.15) is 10.4 Å². The third-order valence-corrected chi connectivity index (χ3v) is 2.95. The quantitative estimate of drug-likeness (QED) is 0.917. The van der Waals surface area contributed by atoms with Crippen LogP contribution in [0.15, 0.2) is 42.5 Å². The molecule has 0 heterocycles. The van der Waals surface area contributed by atoms with Crippen LogP contribution >= 0.6 is 11.6 Å². The van der Waals surface area contributed by atoms with E-state index in [1.54, 1.807) is 43.5 Å². The molecule has 4 heteroatoms. The molecular formula is C14H11ClO3. The molecule has 2 aromatic rings.